The first-order chi connectivity index (χ1) is 15.8. The maximum Gasteiger partial charge on any atom is 0.411 e. The summed E-state index contributed by atoms with van der Waals surface area (Å²) in [5, 5.41) is 2.81. The monoisotopic (exact) mass is 493 g/mol. The molecule has 5 nitrogen and oxygen atoms in total. The first kappa shape index (κ1) is 24.5. The van der Waals surface area contributed by atoms with Crippen LogP contribution in [0.3, 0.4) is 0 Å². The molecule has 3 aromatic carbocycles. The molecule has 0 bridgehead atoms. The number of para-hydroxylation sites is 1. The molecule has 0 aliphatic heterocycles. The van der Waals surface area contributed by atoms with E-state index >= 15 is 0 Å². The van der Waals surface area contributed by atoms with Crippen LogP contribution in [0.2, 0.25) is 10.0 Å². The Morgan fingerprint density at radius 2 is 1.61 bits per heavy atom. The molecule has 172 valence electrons. The third-order valence-corrected chi connectivity index (χ3v) is 5.27. The van der Waals surface area contributed by atoms with Crippen molar-refractivity contribution in [2.45, 2.75) is 13.0 Å². The van der Waals surface area contributed by atoms with E-state index < -0.39 is 36.2 Å². The molecule has 0 heterocycles. The van der Waals surface area contributed by atoms with E-state index in [0.717, 1.165) is 11.6 Å². The number of carbonyl (C=O) groups is 2. The minimum Gasteiger partial charge on any atom is -0.460 e. The summed E-state index contributed by atoms with van der Waals surface area (Å²) in [6.45, 7) is -0.429. The molecule has 1 unspecified atom stereocenters. The topological polar surface area (TPSA) is 64.6 Å². The van der Waals surface area contributed by atoms with Crippen LogP contribution < -0.4 is 5.32 Å². The highest BCUT2D eigenvalue weighted by Crippen LogP contribution is 2.30. The molecular weight excluding hydrogens is 475 g/mol. The van der Waals surface area contributed by atoms with Crippen LogP contribution in [0.5, 0.6) is 0 Å². The predicted octanol–water partition coefficient (Wildman–Crippen LogP) is 6.42. The summed E-state index contributed by atoms with van der Waals surface area (Å²) >= 11 is 12.0. The zero-order chi connectivity index (χ0) is 23.8. The fourth-order valence-electron chi connectivity index (χ4n) is 2.94. The van der Waals surface area contributed by atoms with Gasteiger partial charge in [-0.1, -0.05) is 65.7 Å². The molecule has 0 fully saturated rings. The minimum atomic E-state index is -1.04. The molecule has 9 heteroatoms. The number of halogens is 4. The van der Waals surface area contributed by atoms with E-state index in [9.17, 15) is 18.4 Å². The summed E-state index contributed by atoms with van der Waals surface area (Å²) in [5.41, 5.74) is 0.986. The average molecular weight is 494 g/mol. The molecule has 0 aliphatic rings. The Kier molecular flexibility index (Phi) is 8.63. The summed E-state index contributed by atoms with van der Waals surface area (Å²) < 4.78 is 37.9. The van der Waals surface area contributed by atoms with Crippen LogP contribution in [-0.2, 0) is 27.3 Å². The van der Waals surface area contributed by atoms with Crippen molar-refractivity contribution >= 4 is 41.0 Å². The number of hydrogen-bond donors (Lipinski definition) is 1. The molecule has 1 N–H and O–H groups in total. The lowest BCUT2D eigenvalue weighted by Crippen LogP contribution is -2.28. The highest BCUT2D eigenvalue weighted by Gasteiger charge is 2.25. The molecule has 0 radical (unpaired) electrons. The van der Waals surface area contributed by atoms with E-state index in [-0.39, 0.29) is 34.3 Å². The van der Waals surface area contributed by atoms with Crippen molar-refractivity contribution in [3.63, 3.8) is 0 Å². The maximum absolute atomic E-state index is 14.2. The number of anilines is 1. The van der Waals surface area contributed by atoms with Gasteiger partial charge in [0.05, 0.1) is 21.7 Å². The zero-order valence-electron chi connectivity index (χ0n) is 17.2. The van der Waals surface area contributed by atoms with E-state index in [1.54, 1.807) is 30.3 Å². The van der Waals surface area contributed by atoms with Gasteiger partial charge in [-0.3, -0.25) is 10.1 Å². The van der Waals surface area contributed by atoms with Gasteiger partial charge in [0.2, 0.25) is 0 Å². The Morgan fingerprint density at radius 1 is 0.909 bits per heavy atom. The Bertz CT molecular complexity index is 1110. The SMILES string of the molecule is O=C(Nc1c(Cl)cccc1Cl)OCC(Cc1ccc(F)cc1F)C(=O)OCc1ccccc1. The molecule has 0 saturated heterocycles. The van der Waals surface area contributed by atoms with Gasteiger partial charge in [-0.15, -0.1) is 0 Å². The lowest BCUT2D eigenvalue weighted by atomic mass is 9.99. The highest BCUT2D eigenvalue weighted by molar-refractivity contribution is 6.39. The molecule has 0 aromatic heterocycles. The van der Waals surface area contributed by atoms with E-state index in [2.05, 4.69) is 5.32 Å². The lowest BCUT2D eigenvalue weighted by molar-refractivity contribution is -0.151. The lowest BCUT2D eigenvalue weighted by Gasteiger charge is -2.17. The summed E-state index contributed by atoms with van der Waals surface area (Å²) in [4.78, 5) is 25.0. The predicted molar refractivity (Wildman–Crippen MR) is 121 cm³/mol. The third-order valence-electron chi connectivity index (χ3n) is 4.64. The van der Waals surface area contributed by atoms with Crippen molar-refractivity contribution in [3.05, 3.63) is 99.5 Å². The molecule has 3 rings (SSSR count). The number of carbonyl (C=O) groups excluding carboxylic acids is 2. The van der Waals surface area contributed by atoms with E-state index in [4.69, 9.17) is 32.7 Å². The fraction of sp³-hybridized carbons (Fsp3) is 0.167. The van der Waals surface area contributed by atoms with Gasteiger partial charge in [0.1, 0.15) is 24.8 Å². The number of hydrogen-bond acceptors (Lipinski definition) is 4. The van der Waals surface area contributed by atoms with Crippen molar-refractivity contribution < 1.29 is 27.8 Å². The first-order valence-corrected chi connectivity index (χ1v) is 10.6. The van der Waals surface area contributed by atoms with Gasteiger partial charge in [0.25, 0.3) is 0 Å². The van der Waals surface area contributed by atoms with E-state index in [1.807, 2.05) is 6.07 Å². The molecule has 33 heavy (non-hydrogen) atoms. The fourth-order valence-corrected chi connectivity index (χ4v) is 3.43. The molecule has 0 spiro atoms. The molecule has 0 aliphatic carbocycles. The standard InChI is InChI=1S/C24H19Cl2F2NO4/c25-19-7-4-8-20(26)22(19)29-24(31)33-14-17(11-16-9-10-18(27)12-21(16)28)23(30)32-13-15-5-2-1-3-6-15/h1-10,12,17H,11,13-14H2,(H,29,31). The van der Waals surface area contributed by atoms with Gasteiger partial charge in [0.15, 0.2) is 0 Å². The molecule has 1 atom stereocenters. The maximum atomic E-state index is 14.2. The van der Waals surface area contributed by atoms with E-state index in [0.29, 0.717) is 6.07 Å². The van der Waals surface area contributed by atoms with Crippen LogP contribution in [0.4, 0.5) is 19.3 Å². The molecular formula is C24H19Cl2F2NO4. The molecule has 1 amide bonds. The normalized spacial score (nSPS) is 11.5. The number of benzene rings is 3. The van der Waals surface area contributed by atoms with Crippen molar-refractivity contribution in [2.24, 2.45) is 5.92 Å². The van der Waals surface area contributed by atoms with Crippen molar-refractivity contribution in [3.8, 4) is 0 Å². The summed E-state index contributed by atoms with van der Waals surface area (Å²) in [7, 11) is 0. The van der Waals surface area contributed by atoms with Gasteiger partial charge in [0, 0.05) is 6.07 Å². The van der Waals surface area contributed by atoms with E-state index in [1.165, 1.54) is 18.2 Å². The third kappa shape index (κ3) is 7.17. The van der Waals surface area contributed by atoms with Gasteiger partial charge in [-0.2, -0.15) is 0 Å². The number of esters is 1. The number of rotatable bonds is 8. The van der Waals surface area contributed by atoms with Crippen LogP contribution in [0.1, 0.15) is 11.1 Å². The van der Waals surface area contributed by atoms with Gasteiger partial charge >= 0.3 is 12.1 Å². The van der Waals surface area contributed by atoms with Gasteiger partial charge in [-0.25, -0.2) is 13.6 Å². The Labute approximate surface area is 199 Å². The Balaban J connectivity index is 1.68. The first-order valence-electron chi connectivity index (χ1n) is 9.85. The van der Waals surface area contributed by atoms with Crippen molar-refractivity contribution in [2.75, 3.05) is 11.9 Å². The number of amides is 1. The van der Waals surface area contributed by atoms with Crippen molar-refractivity contribution in [1.82, 2.24) is 0 Å². The second-order valence-corrected chi connectivity index (χ2v) is 7.86. The summed E-state index contributed by atoms with van der Waals surface area (Å²) in [5.74, 6) is -3.30. The number of nitrogens with one attached hydrogen (secondary N) is 1. The highest BCUT2D eigenvalue weighted by atomic mass is 35.5. The number of ether oxygens (including phenoxy) is 2. The smallest absolute Gasteiger partial charge is 0.411 e. The van der Waals surface area contributed by atoms with Crippen LogP contribution in [0.15, 0.2) is 66.7 Å². The van der Waals surface area contributed by atoms with Crippen LogP contribution in [-0.4, -0.2) is 18.7 Å². The quantitative estimate of drug-likeness (QED) is 0.367. The average Bonchev–Trinajstić information content (AvgIpc) is 2.79. The zero-order valence-corrected chi connectivity index (χ0v) is 18.7. The van der Waals surface area contributed by atoms with Crippen LogP contribution >= 0.6 is 23.2 Å². The molecule has 3 aromatic rings. The second-order valence-electron chi connectivity index (χ2n) is 7.05. The largest absolute Gasteiger partial charge is 0.460 e. The Morgan fingerprint density at radius 3 is 2.27 bits per heavy atom. The molecule has 0 saturated carbocycles. The van der Waals surface area contributed by atoms with Gasteiger partial charge < -0.3 is 9.47 Å². The van der Waals surface area contributed by atoms with Crippen molar-refractivity contribution in [1.29, 1.82) is 0 Å². The van der Waals surface area contributed by atoms with Crippen LogP contribution in [0.25, 0.3) is 0 Å². The minimum absolute atomic E-state index is 0.0104. The summed E-state index contributed by atoms with van der Waals surface area (Å²) in [6.07, 6.45) is -1.08. The van der Waals surface area contributed by atoms with Gasteiger partial charge in [-0.05, 0) is 35.7 Å². The second kappa shape index (κ2) is 11.6. The van der Waals surface area contributed by atoms with Crippen LogP contribution in [0, 0.1) is 17.6 Å². The Hall–Kier alpha value is -3.16. The summed E-state index contributed by atoms with van der Waals surface area (Å²) in [6, 6.07) is 16.7.